The highest BCUT2D eigenvalue weighted by Crippen LogP contribution is 2.20. The summed E-state index contributed by atoms with van der Waals surface area (Å²) in [5.74, 6) is 0.657. The summed E-state index contributed by atoms with van der Waals surface area (Å²) in [5, 5.41) is 3.47. The van der Waals surface area contributed by atoms with E-state index >= 15 is 0 Å². The minimum absolute atomic E-state index is 0.657. The van der Waals surface area contributed by atoms with Crippen LogP contribution in [-0.2, 0) is 6.54 Å². The Kier molecular flexibility index (Phi) is 2.98. The van der Waals surface area contributed by atoms with E-state index in [9.17, 15) is 0 Å². The Bertz CT molecular complexity index is 536. The molecule has 92 valence electrons. The monoisotopic (exact) mass is 241 g/mol. The number of aromatic nitrogens is 4. The van der Waals surface area contributed by atoms with E-state index in [-0.39, 0.29) is 0 Å². The number of nitrogens with zero attached hydrogens (tertiary/aromatic N) is 4. The van der Waals surface area contributed by atoms with E-state index in [0.717, 1.165) is 23.5 Å². The first-order valence-electron chi connectivity index (χ1n) is 6.15. The van der Waals surface area contributed by atoms with Gasteiger partial charge in [0.1, 0.15) is 12.0 Å². The van der Waals surface area contributed by atoms with Gasteiger partial charge in [-0.05, 0) is 25.8 Å². The van der Waals surface area contributed by atoms with Crippen molar-refractivity contribution in [2.24, 2.45) is 0 Å². The molecule has 0 bridgehead atoms. The molecule has 0 unspecified atom stereocenters. The van der Waals surface area contributed by atoms with Crippen LogP contribution in [-0.4, -0.2) is 26.0 Å². The lowest BCUT2D eigenvalue weighted by molar-refractivity contribution is 0.679. The minimum atomic E-state index is 0.657. The molecular formula is C13H15N5. The maximum absolute atomic E-state index is 4.50. The first-order valence-corrected chi connectivity index (χ1v) is 6.15. The summed E-state index contributed by atoms with van der Waals surface area (Å²) < 4.78 is 0. The van der Waals surface area contributed by atoms with Crippen LogP contribution >= 0.6 is 0 Å². The molecule has 5 heteroatoms. The summed E-state index contributed by atoms with van der Waals surface area (Å²) in [5.41, 5.74) is 2.92. The number of rotatable bonds is 4. The quantitative estimate of drug-likeness (QED) is 0.878. The Hall–Kier alpha value is -1.88. The molecule has 0 spiro atoms. The van der Waals surface area contributed by atoms with E-state index in [2.05, 4.69) is 25.3 Å². The predicted octanol–water partition coefficient (Wildman–Crippen LogP) is 1.49. The summed E-state index contributed by atoms with van der Waals surface area (Å²) in [6.45, 7) is 2.86. The van der Waals surface area contributed by atoms with Gasteiger partial charge in [-0.25, -0.2) is 19.9 Å². The molecule has 0 radical (unpaired) electrons. The molecule has 1 fully saturated rings. The fourth-order valence-corrected chi connectivity index (χ4v) is 1.75. The molecule has 2 heterocycles. The normalized spacial score (nSPS) is 14.7. The zero-order valence-corrected chi connectivity index (χ0v) is 10.3. The topological polar surface area (TPSA) is 63.6 Å². The molecule has 0 atom stereocenters. The molecule has 5 nitrogen and oxygen atoms in total. The van der Waals surface area contributed by atoms with E-state index in [1.54, 1.807) is 6.20 Å². The zero-order chi connectivity index (χ0) is 12.4. The highest BCUT2D eigenvalue weighted by Gasteiger charge is 2.20. The third kappa shape index (κ3) is 2.51. The lowest BCUT2D eigenvalue weighted by Crippen LogP contribution is -2.16. The van der Waals surface area contributed by atoms with Crippen molar-refractivity contribution in [3.63, 3.8) is 0 Å². The second-order valence-electron chi connectivity index (χ2n) is 4.55. The van der Waals surface area contributed by atoms with Crippen LogP contribution < -0.4 is 5.32 Å². The molecule has 1 N–H and O–H groups in total. The maximum Gasteiger partial charge on any atom is 0.178 e. The van der Waals surface area contributed by atoms with Crippen LogP contribution in [0.25, 0.3) is 11.5 Å². The fraction of sp³-hybridized carbons (Fsp3) is 0.385. The molecule has 1 saturated carbocycles. The van der Waals surface area contributed by atoms with Gasteiger partial charge in [0, 0.05) is 36.2 Å². The van der Waals surface area contributed by atoms with E-state index in [1.165, 1.54) is 19.2 Å². The second kappa shape index (κ2) is 4.78. The van der Waals surface area contributed by atoms with Gasteiger partial charge in [-0.2, -0.15) is 0 Å². The Morgan fingerprint density at radius 2 is 2.22 bits per heavy atom. The average molecular weight is 241 g/mol. The Morgan fingerprint density at radius 1 is 1.33 bits per heavy atom. The molecule has 2 aromatic rings. The molecule has 1 aliphatic carbocycles. The summed E-state index contributed by atoms with van der Waals surface area (Å²) in [6, 6.07) is 2.52. The van der Waals surface area contributed by atoms with Crippen molar-refractivity contribution in [2.75, 3.05) is 0 Å². The zero-order valence-electron chi connectivity index (χ0n) is 10.3. The van der Waals surface area contributed by atoms with E-state index in [1.807, 2.05) is 19.2 Å². The smallest absolute Gasteiger partial charge is 0.178 e. The standard InChI is InChI=1S/C13H15N5/c1-9-10(6-15-11-2-3-11)7-16-13(18-9)12-4-5-14-8-17-12/h4-5,7-8,11,15H,2-3,6H2,1H3. The average Bonchev–Trinajstić information content (AvgIpc) is 3.22. The van der Waals surface area contributed by atoms with Gasteiger partial charge in [0.15, 0.2) is 5.82 Å². The number of hydrogen-bond donors (Lipinski definition) is 1. The number of aryl methyl sites for hydroxylation is 1. The molecule has 0 aromatic carbocycles. The third-order valence-corrected chi connectivity index (χ3v) is 3.05. The van der Waals surface area contributed by atoms with Crippen LogP contribution in [0.4, 0.5) is 0 Å². The summed E-state index contributed by atoms with van der Waals surface area (Å²) in [6.07, 6.45) is 7.67. The molecule has 0 saturated heterocycles. The van der Waals surface area contributed by atoms with Gasteiger partial charge in [0.2, 0.25) is 0 Å². The Balaban J connectivity index is 1.79. The van der Waals surface area contributed by atoms with Gasteiger partial charge in [-0.3, -0.25) is 0 Å². The van der Waals surface area contributed by atoms with Crippen molar-refractivity contribution < 1.29 is 0 Å². The minimum Gasteiger partial charge on any atom is -0.310 e. The van der Waals surface area contributed by atoms with Crippen molar-refractivity contribution in [1.29, 1.82) is 0 Å². The van der Waals surface area contributed by atoms with E-state index < -0.39 is 0 Å². The number of nitrogens with one attached hydrogen (secondary N) is 1. The third-order valence-electron chi connectivity index (χ3n) is 3.05. The highest BCUT2D eigenvalue weighted by atomic mass is 15.0. The van der Waals surface area contributed by atoms with Crippen molar-refractivity contribution >= 4 is 0 Å². The van der Waals surface area contributed by atoms with E-state index in [0.29, 0.717) is 11.9 Å². The second-order valence-corrected chi connectivity index (χ2v) is 4.55. The molecule has 2 aromatic heterocycles. The summed E-state index contributed by atoms with van der Waals surface area (Å²) in [4.78, 5) is 16.9. The molecule has 3 rings (SSSR count). The van der Waals surface area contributed by atoms with Gasteiger partial charge in [0.25, 0.3) is 0 Å². The molecule has 0 aliphatic heterocycles. The molecule has 1 aliphatic rings. The van der Waals surface area contributed by atoms with Crippen LogP contribution in [0.5, 0.6) is 0 Å². The van der Waals surface area contributed by atoms with Crippen molar-refractivity contribution in [2.45, 2.75) is 32.4 Å². The van der Waals surface area contributed by atoms with Gasteiger partial charge in [0.05, 0.1) is 0 Å². The number of hydrogen-bond acceptors (Lipinski definition) is 5. The SMILES string of the molecule is Cc1nc(-c2ccncn2)ncc1CNC1CC1. The molecular weight excluding hydrogens is 226 g/mol. The van der Waals surface area contributed by atoms with E-state index in [4.69, 9.17) is 0 Å². The van der Waals surface area contributed by atoms with Crippen LogP contribution in [0.1, 0.15) is 24.1 Å². The van der Waals surface area contributed by atoms with Gasteiger partial charge in [-0.15, -0.1) is 0 Å². The first-order chi connectivity index (χ1) is 8.83. The Morgan fingerprint density at radius 3 is 2.89 bits per heavy atom. The predicted molar refractivity (Wildman–Crippen MR) is 67.7 cm³/mol. The van der Waals surface area contributed by atoms with Crippen LogP contribution in [0, 0.1) is 6.92 Å². The van der Waals surface area contributed by atoms with Gasteiger partial charge < -0.3 is 5.32 Å². The lowest BCUT2D eigenvalue weighted by Gasteiger charge is -2.07. The van der Waals surface area contributed by atoms with Crippen molar-refractivity contribution in [1.82, 2.24) is 25.3 Å². The summed E-state index contributed by atoms with van der Waals surface area (Å²) in [7, 11) is 0. The van der Waals surface area contributed by atoms with Crippen molar-refractivity contribution in [3.05, 3.63) is 36.0 Å². The largest absolute Gasteiger partial charge is 0.310 e. The highest BCUT2D eigenvalue weighted by molar-refractivity contribution is 5.48. The molecule has 0 amide bonds. The van der Waals surface area contributed by atoms with Crippen LogP contribution in [0.15, 0.2) is 24.8 Å². The maximum atomic E-state index is 4.50. The van der Waals surface area contributed by atoms with Gasteiger partial charge >= 0.3 is 0 Å². The first kappa shape index (κ1) is 11.2. The lowest BCUT2D eigenvalue weighted by atomic mass is 10.2. The van der Waals surface area contributed by atoms with Crippen LogP contribution in [0.2, 0.25) is 0 Å². The fourth-order valence-electron chi connectivity index (χ4n) is 1.75. The molecule has 18 heavy (non-hydrogen) atoms. The summed E-state index contributed by atoms with van der Waals surface area (Å²) >= 11 is 0. The van der Waals surface area contributed by atoms with Crippen LogP contribution in [0.3, 0.4) is 0 Å². The van der Waals surface area contributed by atoms with Gasteiger partial charge in [-0.1, -0.05) is 0 Å². The van der Waals surface area contributed by atoms with Crippen molar-refractivity contribution in [3.8, 4) is 11.5 Å². The Labute approximate surface area is 106 Å².